The van der Waals surface area contributed by atoms with Crippen molar-refractivity contribution in [1.29, 1.82) is 0 Å². The lowest BCUT2D eigenvalue weighted by molar-refractivity contribution is 0.199. The van der Waals surface area contributed by atoms with Gasteiger partial charge in [-0.05, 0) is 32.4 Å². The quantitative estimate of drug-likeness (QED) is 0.882. The van der Waals surface area contributed by atoms with Crippen LogP contribution in [0.3, 0.4) is 0 Å². The molecule has 2 heterocycles. The van der Waals surface area contributed by atoms with Gasteiger partial charge in [-0.15, -0.1) is 0 Å². The third kappa shape index (κ3) is 4.34. The van der Waals surface area contributed by atoms with Crippen LogP contribution in [-0.4, -0.2) is 62.5 Å². The Bertz CT molecular complexity index is 688. The van der Waals surface area contributed by atoms with E-state index in [4.69, 9.17) is 0 Å². The highest BCUT2D eigenvalue weighted by Gasteiger charge is 2.29. The Balaban J connectivity index is 2.19. The number of hydrogen-bond acceptors (Lipinski definition) is 5. The van der Waals surface area contributed by atoms with Crippen molar-refractivity contribution in [1.82, 2.24) is 9.88 Å². The molecule has 0 bridgehead atoms. The molecule has 1 N–H and O–H groups in total. The molecule has 2 rings (SSSR count). The molecule has 1 fully saturated rings. The molecule has 1 aromatic rings. The molecule has 0 saturated carbocycles. The molecule has 128 valence electrons. The minimum atomic E-state index is -3.08. The van der Waals surface area contributed by atoms with Gasteiger partial charge in [-0.2, -0.15) is 0 Å². The van der Waals surface area contributed by atoms with Crippen molar-refractivity contribution in [3.05, 3.63) is 17.8 Å². The van der Waals surface area contributed by atoms with E-state index in [0.29, 0.717) is 24.5 Å². The summed E-state index contributed by atoms with van der Waals surface area (Å²) in [5.74, 6) is 0.817. The first-order chi connectivity index (χ1) is 10.7. The fourth-order valence-electron chi connectivity index (χ4n) is 2.69. The van der Waals surface area contributed by atoms with Crippen LogP contribution in [0.1, 0.15) is 19.0 Å². The zero-order valence-electron chi connectivity index (χ0n) is 14.0. The molecule has 23 heavy (non-hydrogen) atoms. The minimum Gasteiger partial charge on any atom is -0.361 e. The molecule has 0 aliphatic carbocycles. The maximum atomic E-state index is 12.6. The van der Waals surface area contributed by atoms with Gasteiger partial charge in [0.15, 0.2) is 15.7 Å². The fourth-order valence-corrected chi connectivity index (χ4v) is 4.34. The van der Waals surface area contributed by atoms with Gasteiger partial charge in [0.25, 0.3) is 0 Å². The van der Waals surface area contributed by atoms with Crippen LogP contribution in [-0.2, 0) is 9.84 Å². The van der Waals surface area contributed by atoms with Gasteiger partial charge >= 0.3 is 6.03 Å². The van der Waals surface area contributed by atoms with Crippen molar-refractivity contribution >= 4 is 27.4 Å². The SMILES string of the molecule is Cc1ccc(NC(=O)N2CCCS(=O)(=O)CC2C)c(N(C)C)n1. The van der Waals surface area contributed by atoms with E-state index in [2.05, 4.69) is 10.3 Å². The summed E-state index contributed by atoms with van der Waals surface area (Å²) >= 11 is 0. The number of rotatable bonds is 2. The van der Waals surface area contributed by atoms with E-state index >= 15 is 0 Å². The second kappa shape index (κ2) is 6.74. The van der Waals surface area contributed by atoms with E-state index < -0.39 is 9.84 Å². The van der Waals surface area contributed by atoms with E-state index in [-0.39, 0.29) is 23.6 Å². The average Bonchev–Trinajstić information content (AvgIpc) is 2.57. The molecule has 1 atom stereocenters. The van der Waals surface area contributed by atoms with E-state index in [1.54, 1.807) is 11.8 Å². The Labute approximate surface area is 137 Å². The van der Waals surface area contributed by atoms with Crippen LogP contribution < -0.4 is 10.2 Å². The molecule has 1 unspecified atom stereocenters. The first-order valence-corrected chi connectivity index (χ1v) is 9.45. The van der Waals surface area contributed by atoms with Gasteiger partial charge in [-0.3, -0.25) is 0 Å². The number of anilines is 2. The number of aryl methyl sites for hydroxylation is 1. The molecule has 1 aliphatic rings. The Morgan fingerprint density at radius 2 is 2.09 bits per heavy atom. The summed E-state index contributed by atoms with van der Waals surface area (Å²) in [5.41, 5.74) is 1.48. The van der Waals surface area contributed by atoms with Gasteiger partial charge in [0.05, 0.1) is 17.2 Å². The Hall–Kier alpha value is -1.83. The smallest absolute Gasteiger partial charge is 0.322 e. The fraction of sp³-hybridized carbons (Fsp3) is 0.600. The molecule has 0 spiro atoms. The van der Waals surface area contributed by atoms with Crippen LogP contribution in [0.15, 0.2) is 12.1 Å². The summed E-state index contributed by atoms with van der Waals surface area (Å²) in [5, 5.41) is 2.86. The standard InChI is InChI=1S/C15H24N4O3S/c1-11-6-7-13(14(16-11)18(3)4)17-15(20)19-8-5-9-23(21,22)10-12(19)2/h6-7,12H,5,8-10H2,1-4H3,(H,17,20). The molecule has 0 radical (unpaired) electrons. The summed E-state index contributed by atoms with van der Waals surface area (Å²) in [6.07, 6.45) is 0.465. The first kappa shape index (κ1) is 17.5. The van der Waals surface area contributed by atoms with Crippen LogP contribution in [0.5, 0.6) is 0 Å². The van der Waals surface area contributed by atoms with Gasteiger partial charge in [0.2, 0.25) is 0 Å². The second-order valence-corrected chi connectivity index (χ2v) is 8.39. The predicted octanol–water partition coefficient (Wildman–Crippen LogP) is 1.50. The zero-order valence-corrected chi connectivity index (χ0v) is 14.9. The van der Waals surface area contributed by atoms with Crippen molar-refractivity contribution in [3.8, 4) is 0 Å². The molecule has 2 amide bonds. The summed E-state index contributed by atoms with van der Waals surface area (Å²) in [6, 6.07) is 3.01. The normalized spacial score (nSPS) is 20.7. The number of nitrogens with one attached hydrogen (secondary N) is 1. The zero-order chi connectivity index (χ0) is 17.2. The number of carbonyl (C=O) groups is 1. The first-order valence-electron chi connectivity index (χ1n) is 7.62. The molecule has 7 nitrogen and oxygen atoms in total. The average molecular weight is 340 g/mol. The molecule has 0 aromatic carbocycles. The topological polar surface area (TPSA) is 82.6 Å². The number of urea groups is 1. The Kier molecular flexibility index (Phi) is 5.13. The summed E-state index contributed by atoms with van der Waals surface area (Å²) in [6.45, 7) is 4.09. The Morgan fingerprint density at radius 3 is 2.74 bits per heavy atom. The Morgan fingerprint density at radius 1 is 1.39 bits per heavy atom. The molecular formula is C15H24N4O3S. The number of aromatic nitrogens is 1. The van der Waals surface area contributed by atoms with Gasteiger partial charge in [-0.25, -0.2) is 18.2 Å². The van der Waals surface area contributed by atoms with Crippen molar-refractivity contribution in [2.75, 3.05) is 42.4 Å². The van der Waals surface area contributed by atoms with Crippen LogP contribution in [0.2, 0.25) is 0 Å². The van der Waals surface area contributed by atoms with Crippen molar-refractivity contribution in [2.45, 2.75) is 26.3 Å². The maximum absolute atomic E-state index is 12.6. The van der Waals surface area contributed by atoms with Crippen LogP contribution in [0.4, 0.5) is 16.3 Å². The number of amides is 2. The lowest BCUT2D eigenvalue weighted by Gasteiger charge is -2.27. The van der Waals surface area contributed by atoms with Gasteiger partial charge < -0.3 is 15.1 Å². The minimum absolute atomic E-state index is 0.00705. The highest BCUT2D eigenvalue weighted by molar-refractivity contribution is 7.91. The molecule has 1 aliphatic heterocycles. The van der Waals surface area contributed by atoms with E-state index in [1.165, 1.54) is 0 Å². The second-order valence-electron chi connectivity index (χ2n) is 6.16. The molecule has 1 aromatic heterocycles. The summed E-state index contributed by atoms with van der Waals surface area (Å²) < 4.78 is 23.6. The lowest BCUT2D eigenvalue weighted by atomic mass is 10.3. The van der Waals surface area contributed by atoms with Gasteiger partial charge in [0.1, 0.15) is 0 Å². The monoisotopic (exact) mass is 340 g/mol. The van der Waals surface area contributed by atoms with Gasteiger partial charge in [-0.1, -0.05) is 0 Å². The summed E-state index contributed by atoms with van der Waals surface area (Å²) in [4.78, 5) is 20.4. The van der Waals surface area contributed by atoms with Crippen molar-refractivity contribution < 1.29 is 13.2 Å². The van der Waals surface area contributed by atoms with E-state index in [0.717, 1.165) is 5.69 Å². The summed E-state index contributed by atoms with van der Waals surface area (Å²) in [7, 11) is 0.642. The molecule has 1 saturated heterocycles. The number of hydrogen-bond donors (Lipinski definition) is 1. The number of sulfone groups is 1. The van der Waals surface area contributed by atoms with Crippen LogP contribution in [0, 0.1) is 6.92 Å². The third-order valence-corrected chi connectivity index (χ3v) is 5.72. The van der Waals surface area contributed by atoms with Crippen molar-refractivity contribution in [2.24, 2.45) is 0 Å². The predicted molar refractivity (Wildman–Crippen MR) is 91.8 cm³/mol. The van der Waals surface area contributed by atoms with E-state index in [9.17, 15) is 13.2 Å². The lowest BCUT2D eigenvalue weighted by Crippen LogP contribution is -2.43. The molecular weight excluding hydrogens is 316 g/mol. The highest BCUT2D eigenvalue weighted by atomic mass is 32.2. The number of nitrogens with zero attached hydrogens (tertiary/aromatic N) is 3. The largest absolute Gasteiger partial charge is 0.361 e. The van der Waals surface area contributed by atoms with Gasteiger partial charge in [0, 0.05) is 32.4 Å². The van der Waals surface area contributed by atoms with Crippen LogP contribution in [0.25, 0.3) is 0 Å². The number of carbonyl (C=O) groups excluding carboxylic acids is 1. The third-order valence-electron chi connectivity index (χ3n) is 3.82. The number of pyridine rings is 1. The van der Waals surface area contributed by atoms with Crippen molar-refractivity contribution in [3.63, 3.8) is 0 Å². The highest BCUT2D eigenvalue weighted by Crippen LogP contribution is 2.23. The maximum Gasteiger partial charge on any atom is 0.322 e. The van der Waals surface area contributed by atoms with Crippen LogP contribution >= 0.6 is 0 Å². The molecule has 8 heteroatoms. The van der Waals surface area contributed by atoms with E-state index in [1.807, 2.05) is 38.1 Å².